The third-order valence-corrected chi connectivity index (χ3v) is 6.12. The number of hydrogen-bond donors (Lipinski definition) is 4. The molecule has 4 atom stereocenters. The maximum atomic E-state index is 14.6. The topological polar surface area (TPSA) is 134 Å². The number of rotatable bonds is 7. The number of amides is 1. The number of aliphatic hydroxyl groups is 2. The van der Waals surface area contributed by atoms with Crippen LogP contribution >= 0.6 is 0 Å². The van der Waals surface area contributed by atoms with Crippen molar-refractivity contribution in [1.29, 1.82) is 0 Å². The molecule has 3 heterocycles. The Hall–Kier alpha value is -3.93. The monoisotopic (exact) mass is 492 g/mol. The first-order chi connectivity index (χ1) is 17.5. The molecule has 186 valence electrons. The zero-order chi connectivity index (χ0) is 25.2. The average molecular weight is 493 g/mol. The minimum Gasteiger partial charge on any atom is -0.388 e. The molecule has 36 heavy (non-hydrogen) atoms. The van der Waals surface area contributed by atoms with Gasteiger partial charge in [-0.2, -0.15) is 0 Å². The summed E-state index contributed by atoms with van der Waals surface area (Å²) in [6, 6.07) is 15.8. The molecule has 2 aromatic carbocycles. The fourth-order valence-corrected chi connectivity index (χ4v) is 4.18. The van der Waals surface area contributed by atoms with Crippen LogP contribution in [0.3, 0.4) is 0 Å². The van der Waals surface area contributed by atoms with Gasteiger partial charge in [-0.1, -0.05) is 42.5 Å². The van der Waals surface area contributed by atoms with Crippen LogP contribution in [-0.4, -0.2) is 61.0 Å². The van der Waals surface area contributed by atoms with Gasteiger partial charge in [0.15, 0.2) is 29.0 Å². The van der Waals surface area contributed by atoms with Crippen LogP contribution in [0.4, 0.5) is 10.2 Å². The molecular formula is C25H25FN6O4. The number of ether oxygens (including phenoxy) is 1. The van der Waals surface area contributed by atoms with Gasteiger partial charge in [-0.3, -0.25) is 9.36 Å². The highest BCUT2D eigenvalue weighted by Crippen LogP contribution is 2.34. The number of imidazole rings is 1. The summed E-state index contributed by atoms with van der Waals surface area (Å²) in [6.45, 7) is 0.437. The highest BCUT2D eigenvalue weighted by atomic mass is 19.1. The number of aliphatic hydroxyl groups excluding tert-OH is 2. The van der Waals surface area contributed by atoms with E-state index in [9.17, 15) is 19.4 Å². The van der Waals surface area contributed by atoms with Crippen LogP contribution < -0.4 is 10.6 Å². The Morgan fingerprint density at radius 2 is 1.83 bits per heavy atom. The number of aromatic nitrogens is 4. The normalized spacial score (nSPS) is 21.6. The number of nitrogens with one attached hydrogen (secondary N) is 2. The van der Waals surface area contributed by atoms with E-state index in [-0.39, 0.29) is 29.4 Å². The summed E-state index contributed by atoms with van der Waals surface area (Å²) in [7, 11) is 1.48. The summed E-state index contributed by atoms with van der Waals surface area (Å²) in [6.07, 6.45) is -3.34. The van der Waals surface area contributed by atoms with Gasteiger partial charge in [-0.05, 0) is 17.7 Å². The number of benzene rings is 2. The number of nitrogens with zero attached hydrogens (tertiary/aromatic N) is 4. The summed E-state index contributed by atoms with van der Waals surface area (Å²) in [5, 5.41) is 26.9. The Morgan fingerprint density at radius 1 is 1.08 bits per heavy atom. The lowest BCUT2D eigenvalue weighted by Gasteiger charge is -2.17. The van der Waals surface area contributed by atoms with E-state index in [4.69, 9.17) is 4.74 Å². The van der Waals surface area contributed by atoms with E-state index < -0.39 is 30.4 Å². The van der Waals surface area contributed by atoms with Crippen molar-refractivity contribution < 1.29 is 24.1 Å². The van der Waals surface area contributed by atoms with Crippen molar-refractivity contribution in [2.24, 2.45) is 0 Å². The average Bonchev–Trinajstić information content (AvgIpc) is 3.44. The van der Waals surface area contributed by atoms with Crippen LogP contribution in [0.25, 0.3) is 22.6 Å². The van der Waals surface area contributed by atoms with Gasteiger partial charge >= 0.3 is 0 Å². The lowest BCUT2D eigenvalue weighted by molar-refractivity contribution is -0.125. The second kappa shape index (κ2) is 9.97. The highest BCUT2D eigenvalue weighted by molar-refractivity contribution is 5.85. The summed E-state index contributed by atoms with van der Waals surface area (Å²) in [5.74, 6) is -0.335. The van der Waals surface area contributed by atoms with Gasteiger partial charge in [0.25, 0.3) is 0 Å². The smallest absolute Gasteiger partial charge is 0.222 e. The first-order valence-corrected chi connectivity index (χ1v) is 11.5. The van der Waals surface area contributed by atoms with E-state index in [2.05, 4.69) is 25.6 Å². The zero-order valence-electron chi connectivity index (χ0n) is 19.4. The predicted octanol–water partition coefficient (Wildman–Crippen LogP) is 2.00. The minimum atomic E-state index is -1.34. The van der Waals surface area contributed by atoms with E-state index in [0.29, 0.717) is 17.9 Å². The van der Waals surface area contributed by atoms with Crippen LogP contribution in [0.1, 0.15) is 18.2 Å². The van der Waals surface area contributed by atoms with Gasteiger partial charge in [-0.25, -0.2) is 19.3 Å². The fourth-order valence-electron chi connectivity index (χ4n) is 4.18. The molecule has 4 N–H and O–H groups in total. The van der Waals surface area contributed by atoms with Crippen molar-refractivity contribution in [1.82, 2.24) is 24.8 Å². The number of fused-ring (bicyclic) bond motifs is 1. The Balaban J connectivity index is 1.56. The highest BCUT2D eigenvalue weighted by Gasteiger charge is 2.45. The first kappa shape index (κ1) is 23.8. The van der Waals surface area contributed by atoms with Crippen molar-refractivity contribution >= 4 is 22.9 Å². The second-order valence-corrected chi connectivity index (χ2v) is 8.46. The maximum Gasteiger partial charge on any atom is 0.222 e. The molecule has 1 fully saturated rings. The van der Waals surface area contributed by atoms with Crippen LogP contribution in [0.5, 0.6) is 0 Å². The number of halogens is 1. The molecule has 0 spiro atoms. The summed E-state index contributed by atoms with van der Waals surface area (Å²) < 4.78 is 22.0. The fraction of sp³-hybridized carbons (Fsp3) is 0.280. The number of anilines is 1. The third-order valence-electron chi connectivity index (χ3n) is 6.12. The molecule has 5 rings (SSSR count). The third kappa shape index (κ3) is 4.51. The molecule has 10 nitrogen and oxygen atoms in total. The van der Waals surface area contributed by atoms with Crippen LogP contribution in [-0.2, 0) is 16.1 Å². The standard InChI is InChI=1S/C25H25FN6O4/c1-27-18(33)11-17-20(34)21(35)25(36-17)32-13-29-19-23(28-12-14-7-3-2-4-8-14)30-22(31-24(19)32)15-9-5-6-10-16(15)26/h2-10,13,17,20-21,25,34-35H,11-12H2,1H3,(H,27,33)(H,28,30,31)/t17-,20+,21+,25+/m0/s1. The molecule has 0 aliphatic carbocycles. The van der Waals surface area contributed by atoms with Crippen LogP contribution in [0.2, 0.25) is 0 Å². The zero-order valence-corrected chi connectivity index (χ0v) is 19.4. The van der Waals surface area contributed by atoms with Crippen molar-refractivity contribution in [2.75, 3.05) is 12.4 Å². The van der Waals surface area contributed by atoms with Crippen molar-refractivity contribution in [3.63, 3.8) is 0 Å². The summed E-state index contributed by atoms with van der Waals surface area (Å²) in [5.41, 5.74) is 1.85. The van der Waals surface area contributed by atoms with Crippen molar-refractivity contribution in [2.45, 2.75) is 37.5 Å². The summed E-state index contributed by atoms with van der Waals surface area (Å²) in [4.78, 5) is 25.3. The SMILES string of the molecule is CNC(=O)C[C@@H]1O[C@@H](n2cnc3c(NCc4ccccc4)nc(-c4ccccc4F)nc32)[C@H](O)[C@@H]1O. The lowest BCUT2D eigenvalue weighted by atomic mass is 10.1. The molecule has 4 aromatic rings. The Morgan fingerprint density at radius 3 is 2.58 bits per heavy atom. The molecule has 0 saturated carbocycles. The van der Waals surface area contributed by atoms with E-state index in [0.717, 1.165) is 5.56 Å². The predicted molar refractivity (Wildman–Crippen MR) is 129 cm³/mol. The Kier molecular flexibility index (Phi) is 6.59. The molecule has 1 aliphatic heterocycles. The van der Waals surface area contributed by atoms with Gasteiger partial charge in [0.05, 0.1) is 24.4 Å². The van der Waals surface area contributed by atoms with E-state index >= 15 is 0 Å². The minimum absolute atomic E-state index is 0.118. The second-order valence-electron chi connectivity index (χ2n) is 8.46. The first-order valence-electron chi connectivity index (χ1n) is 11.5. The van der Waals surface area contributed by atoms with Gasteiger partial charge in [0.2, 0.25) is 5.91 Å². The molecule has 0 bridgehead atoms. The van der Waals surface area contributed by atoms with Gasteiger partial charge in [0, 0.05) is 13.6 Å². The lowest BCUT2D eigenvalue weighted by Crippen LogP contribution is -2.34. The number of carbonyl (C=O) groups excluding carboxylic acids is 1. The van der Waals surface area contributed by atoms with E-state index in [1.807, 2.05) is 30.3 Å². The number of hydrogen-bond acceptors (Lipinski definition) is 8. The quantitative estimate of drug-likeness (QED) is 0.308. The Labute approximate surface area is 205 Å². The summed E-state index contributed by atoms with van der Waals surface area (Å²) >= 11 is 0. The van der Waals surface area contributed by atoms with Gasteiger partial charge in [0.1, 0.15) is 18.0 Å². The van der Waals surface area contributed by atoms with Crippen LogP contribution in [0.15, 0.2) is 60.9 Å². The van der Waals surface area contributed by atoms with E-state index in [1.165, 1.54) is 24.0 Å². The molecule has 2 aromatic heterocycles. The van der Waals surface area contributed by atoms with E-state index in [1.54, 1.807) is 18.2 Å². The molecular weight excluding hydrogens is 467 g/mol. The molecule has 0 unspecified atom stereocenters. The van der Waals surface area contributed by atoms with Gasteiger partial charge in [-0.15, -0.1) is 0 Å². The van der Waals surface area contributed by atoms with Gasteiger partial charge < -0.3 is 25.6 Å². The van der Waals surface area contributed by atoms with Crippen molar-refractivity contribution in [3.8, 4) is 11.4 Å². The number of carbonyl (C=O) groups is 1. The molecule has 11 heteroatoms. The molecule has 1 saturated heterocycles. The Bertz CT molecular complexity index is 1380. The molecule has 0 radical (unpaired) electrons. The van der Waals surface area contributed by atoms with Crippen molar-refractivity contribution in [3.05, 3.63) is 72.3 Å². The largest absolute Gasteiger partial charge is 0.388 e. The maximum absolute atomic E-state index is 14.6. The van der Waals surface area contributed by atoms with Crippen LogP contribution in [0, 0.1) is 5.82 Å². The molecule has 1 amide bonds. The molecule has 1 aliphatic rings.